The molecule has 1 spiro atoms. The van der Waals surface area contributed by atoms with Crippen molar-refractivity contribution in [2.75, 3.05) is 39.9 Å². The van der Waals surface area contributed by atoms with Gasteiger partial charge in [0, 0.05) is 39.9 Å². The molecule has 2 aliphatic heterocycles. The van der Waals surface area contributed by atoms with Crippen LogP contribution in [0.1, 0.15) is 32.6 Å². The average molecular weight is 438 g/mol. The van der Waals surface area contributed by atoms with E-state index < -0.39 is 21.5 Å². The average Bonchev–Trinajstić information content (AvgIpc) is 3.03. The fourth-order valence-corrected chi connectivity index (χ4v) is 5.93. The quantitative estimate of drug-likeness (QED) is 0.617. The molecule has 166 valence electrons. The van der Waals surface area contributed by atoms with Crippen LogP contribution in [0.5, 0.6) is 0 Å². The minimum atomic E-state index is -3.57. The molecule has 30 heavy (non-hydrogen) atoms. The number of hydrogen-bond donors (Lipinski definition) is 1. The zero-order chi connectivity index (χ0) is 21.8. The summed E-state index contributed by atoms with van der Waals surface area (Å²) in [7, 11) is -1.96. The van der Waals surface area contributed by atoms with Crippen molar-refractivity contribution < 1.29 is 22.7 Å². The summed E-state index contributed by atoms with van der Waals surface area (Å²) in [6.07, 6.45) is 2.02. The first-order valence-corrected chi connectivity index (χ1v) is 11.9. The zero-order valence-corrected chi connectivity index (χ0v) is 18.5. The van der Waals surface area contributed by atoms with Gasteiger partial charge in [-0.2, -0.15) is 4.31 Å². The van der Waals surface area contributed by atoms with E-state index in [0.29, 0.717) is 45.4 Å². The molecule has 1 N–H and O–H groups in total. The second-order valence-corrected chi connectivity index (χ2v) is 9.88. The van der Waals surface area contributed by atoms with Gasteiger partial charge in [0.2, 0.25) is 21.8 Å². The van der Waals surface area contributed by atoms with Crippen LogP contribution in [0.3, 0.4) is 0 Å². The van der Waals surface area contributed by atoms with E-state index in [1.165, 1.54) is 4.31 Å². The molecule has 0 radical (unpaired) electrons. The first-order chi connectivity index (χ1) is 14.4. The third kappa shape index (κ3) is 4.38. The SMILES string of the molecule is CCN1C(=O)C2(CCN(S(=O)(=O)c3ccccc3)CC2)CC1C(=O)NCCCOC. The Morgan fingerprint density at radius 2 is 1.90 bits per heavy atom. The Hall–Kier alpha value is -1.97. The van der Waals surface area contributed by atoms with Gasteiger partial charge in [-0.1, -0.05) is 18.2 Å². The van der Waals surface area contributed by atoms with Gasteiger partial charge in [-0.15, -0.1) is 0 Å². The lowest BCUT2D eigenvalue weighted by Gasteiger charge is -2.37. The van der Waals surface area contributed by atoms with Crippen molar-refractivity contribution in [1.82, 2.24) is 14.5 Å². The Labute approximate surface area is 178 Å². The van der Waals surface area contributed by atoms with E-state index >= 15 is 0 Å². The number of nitrogens with one attached hydrogen (secondary N) is 1. The number of amides is 2. The number of likely N-dealkylation sites (N-methyl/N-ethyl adjacent to an activating group) is 1. The second kappa shape index (κ2) is 9.45. The summed E-state index contributed by atoms with van der Waals surface area (Å²) in [5.41, 5.74) is -0.659. The molecule has 2 heterocycles. The Morgan fingerprint density at radius 3 is 2.50 bits per heavy atom. The fraction of sp³-hybridized carbons (Fsp3) is 0.619. The minimum absolute atomic E-state index is 0.0289. The topological polar surface area (TPSA) is 96.0 Å². The standard InChI is InChI=1S/C21H31N3O5S/c1-3-24-18(19(25)22-12-7-15-29-2)16-21(20(24)26)10-13-23(14-11-21)30(27,28)17-8-5-4-6-9-17/h4-6,8-9,18H,3,7,10-16H2,1-2H3,(H,22,25). The lowest BCUT2D eigenvalue weighted by atomic mass is 9.76. The van der Waals surface area contributed by atoms with E-state index in [0.717, 1.165) is 0 Å². The van der Waals surface area contributed by atoms with E-state index in [1.54, 1.807) is 42.3 Å². The van der Waals surface area contributed by atoms with Crippen molar-refractivity contribution in [3.05, 3.63) is 30.3 Å². The molecule has 1 unspecified atom stereocenters. The molecule has 9 heteroatoms. The first-order valence-electron chi connectivity index (χ1n) is 10.5. The molecule has 8 nitrogen and oxygen atoms in total. The van der Waals surface area contributed by atoms with E-state index in [1.807, 2.05) is 6.92 Å². The summed E-state index contributed by atoms with van der Waals surface area (Å²) in [6, 6.07) is 7.86. The van der Waals surface area contributed by atoms with Crippen molar-refractivity contribution in [3.8, 4) is 0 Å². The molecule has 2 aliphatic rings. The van der Waals surface area contributed by atoms with Gasteiger partial charge in [0.05, 0.1) is 10.3 Å². The highest BCUT2D eigenvalue weighted by Gasteiger charge is 2.54. The summed E-state index contributed by atoms with van der Waals surface area (Å²) in [6.45, 7) is 3.97. The number of carbonyl (C=O) groups is 2. The number of ether oxygens (including phenoxy) is 1. The molecule has 0 aromatic heterocycles. The van der Waals surface area contributed by atoms with Crippen LogP contribution < -0.4 is 5.32 Å². The number of nitrogens with zero attached hydrogens (tertiary/aromatic N) is 2. The number of likely N-dealkylation sites (tertiary alicyclic amines) is 1. The molecule has 0 bridgehead atoms. The minimum Gasteiger partial charge on any atom is -0.385 e. The molecule has 0 aliphatic carbocycles. The summed E-state index contributed by atoms with van der Waals surface area (Å²) in [5, 5.41) is 2.90. The molecular formula is C21H31N3O5S. The van der Waals surface area contributed by atoms with Crippen LogP contribution in [-0.2, 0) is 24.3 Å². The number of rotatable bonds is 8. The van der Waals surface area contributed by atoms with Gasteiger partial charge in [-0.3, -0.25) is 9.59 Å². The molecule has 0 saturated carbocycles. The van der Waals surface area contributed by atoms with Gasteiger partial charge in [-0.05, 0) is 44.7 Å². The number of benzene rings is 1. The van der Waals surface area contributed by atoms with E-state index in [2.05, 4.69) is 5.32 Å². The molecule has 2 saturated heterocycles. The summed E-state index contributed by atoms with van der Waals surface area (Å²) >= 11 is 0. The maximum absolute atomic E-state index is 13.2. The van der Waals surface area contributed by atoms with E-state index in [9.17, 15) is 18.0 Å². The predicted octanol–water partition coefficient (Wildman–Crippen LogP) is 1.23. The highest BCUT2D eigenvalue weighted by molar-refractivity contribution is 7.89. The van der Waals surface area contributed by atoms with Crippen molar-refractivity contribution in [2.24, 2.45) is 5.41 Å². The van der Waals surface area contributed by atoms with Crippen molar-refractivity contribution >= 4 is 21.8 Å². The van der Waals surface area contributed by atoms with E-state index in [4.69, 9.17) is 4.74 Å². The first kappa shape index (κ1) is 22.7. The van der Waals surface area contributed by atoms with Crippen LogP contribution >= 0.6 is 0 Å². The lowest BCUT2D eigenvalue weighted by molar-refractivity contribution is -0.140. The van der Waals surface area contributed by atoms with Gasteiger partial charge < -0.3 is 15.0 Å². The highest BCUT2D eigenvalue weighted by atomic mass is 32.2. The predicted molar refractivity (Wildman–Crippen MR) is 112 cm³/mol. The van der Waals surface area contributed by atoms with Gasteiger partial charge in [0.1, 0.15) is 6.04 Å². The normalized spacial score (nSPS) is 21.9. The largest absolute Gasteiger partial charge is 0.385 e. The van der Waals surface area contributed by atoms with Gasteiger partial charge in [0.25, 0.3) is 0 Å². The molecule has 1 atom stereocenters. The Bertz CT molecular complexity index is 851. The molecule has 1 aromatic carbocycles. The van der Waals surface area contributed by atoms with Crippen molar-refractivity contribution in [2.45, 2.75) is 43.5 Å². The van der Waals surface area contributed by atoms with Crippen molar-refractivity contribution in [3.63, 3.8) is 0 Å². The smallest absolute Gasteiger partial charge is 0.243 e. The van der Waals surface area contributed by atoms with Crippen LogP contribution in [0.2, 0.25) is 0 Å². The maximum Gasteiger partial charge on any atom is 0.243 e. The molecule has 2 fully saturated rings. The number of methoxy groups -OCH3 is 1. The molecule has 1 aromatic rings. The fourth-order valence-electron chi connectivity index (χ4n) is 4.47. The molecule has 2 amide bonds. The monoisotopic (exact) mass is 437 g/mol. The lowest BCUT2D eigenvalue weighted by Crippen LogP contribution is -2.47. The van der Waals surface area contributed by atoms with Crippen LogP contribution in [0.25, 0.3) is 0 Å². The second-order valence-electron chi connectivity index (χ2n) is 7.95. The molecular weight excluding hydrogens is 406 g/mol. The molecule has 3 rings (SSSR count). The van der Waals surface area contributed by atoms with Crippen LogP contribution in [0.15, 0.2) is 35.2 Å². The van der Waals surface area contributed by atoms with Gasteiger partial charge in [-0.25, -0.2) is 8.42 Å². The van der Waals surface area contributed by atoms with Crippen LogP contribution in [-0.4, -0.2) is 75.4 Å². The van der Waals surface area contributed by atoms with Crippen molar-refractivity contribution in [1.29, 1.82) is 0 Å². The number of sulfonamides is 1. The third-order valence-electron chi connectivity index (χ3n) is 6.20. The van der Waals surface area contributed by atoms with Crippen LogP contribution in [0, 0.1) is 5.41 Å². The summed E-state index contributed by atoms with van der Waals surface area (Å²) in [5.74, 6) is -0.170. The Morgan fingerprint density at radius 1 is 1.23 bits per heavy atom. The Kier molecular flexibility index (Phi) is 7.15. The Balaban J connectivity index is 1.67. The van der Waals surface area contributed by atoms with Gasteiger partial charge >= 0.3 is 0 Å². The number of hydrogen-bond acceptors (Lipinski definition) is 5. The summed E-state index contributed by atoms with van der Waals surface area (Å²) in [4.78, 5) is 27.8. The maximum atomic E-state index is 13.2. The number of carbonyl (C=O) groups excluding carboxylic acids is 2. The number of piperidine rings is 1. The summed E-state index contributed by atoms with van der Waals surface area (Å²) < 4.78 is 32.2. The van der Waals surface area contributed by atoms with Crippen LogP contribution in [0.4, 0.5) is 0 Å². The van der Waals surface area contributed by atoms with Gasteiger partial charge in [0.15, 0.2) is 0 Å². The highest BCUT2D eigenvalue weighted by Crippen LogP contribution is 2.45. The third-order valence-corrected chi connectivity index (χ3v) is 8.12. The van der Waals surface area contributed by atoms with E-state index in [-0.39, 0.29) is 29.8 Å². The zero-order valence-electron chi connectivity index (χ0n) is 17.7.